The van der Waals surface area contributed by atoms with Gasteiger partial charge in [-0.05, 0) is 29.9 Å². The summed E-state index contributed by atoms with van der Waals surface area (Å²) in [5, 5.41) is 7.64. The second kappa shape index (κ2) is 6.57. The molecule has 20 heavy (non-hydrogen) atoms. The Hall–Kier alpha value is -1.10. The summed E-state index contributed by atoms with van der Waals surface area (Å²) >= 11 is 1.84. The van der Waals surface area contributed by atoms with Gasteiger partial charge < -0.3 is 10.6 Å². The van der Waals surface area contributed by atoms with E-state index in [4.69, 9.17) is 0 Å². The van der Waals surface area contributed by atoms with Gasteiger partial charge in [-0.15, -0.1) is 23.7 Å². The Kier molecular flexibility index (Phi) is 5.02. The summed E-state index contributed by atoms with van der Waals surface area (Å²) < 4.78 is 1.32. The molecule has 0 radical (unpaired) electrons. The maximum Gasteiger partial charge on any atom is 0.237 e. The first-order valence-electron chi connectivity index (χ1n) is 6.80. The number of carbonyl (C=O) groups is 1. The number of rotatable bonds is 3. The van der Waals surface area contributed by atoms with Crippen LogP contribution in [-0.4, -0.2) is 18.5 Å². The summed E-state index contributed by atoms with van der Waals surface area (Å²) in [6, 6.07) is 8.38. The molecule has 2 heterocycles. The van der Waals surface area contributed by atoms with Crippen molar-refractivity contribution in [2.45, 2.75) is 32.4 Å². The van der Waals surface area contributed by atoms with Gasteiger partial charge >= 0.3 is 0 Å². The van der Waals surface area contributed by atoms with Crippen molar-refractivity contribution in [3.05, 3.63) is 34.7 Å². The van der Waals surface area contributed by atoms with Crippen molar-refractivity contribution in [3.8, 4) is 0 Å². The third-order valence-electron chi connectivity index (χ3n) is 3.56. The summed E-state index contributed by atoms with van der Waals surface area (Å²) in [5.41, 5.74) is 1.36. The summed E-state index contributed by atoms with van der Waals surface area (Å²) in [6.07, 6.45) is 1.78. The zero-order valence-electron chi connectivity index (χ0n) is 11.4. The molecule has 1 aliphatic rings. The van der Waals surface area contributed by atoms with Gasteiger partial charge in [-0.3, -0.25) is 4.79 Å². The topological polar surface area (TPSA) is 41.1 Å². The van der Waals surface area contributed by atoms with E-state index in [0.717, 1.165) is 25.9 Å². The van der Waals surface area contributed by atoms with Crippen LogP contribution in [0.1, 0.15) is 23.8 Å². The average Bonchev–Trinajstić information content (AvgIpc) is 2.82. The van der Waals surface area contributed by atoms with Gasteiger partial charge in [0, 0.05) is 22.7 Å². The second-order valence-corrected chi connectivity index (χ2v) is 6.07. The smallest absolute Gasteiger partial charge is 0.237 e. The molecule has 1 amide bonds. The average molecular weight is 311 g/mol. The van der Waals surface area contributed by atoms with Crippen LogP contribution >= 0.6 is 23.7 Å². The molecule has 0 saturated carbocycles. The van der Waals surface area contributed by atoms with Crippen molar-refractivity contribution < 1.29 is 4.79 Å². The summed E-state index contributed by atoms with van der Waals surface area (Å²) in [7, 11) is 0. The van der Waals surface area contributed by atoms with Crippen LogP contribution in [0.2, 0.25) is 0 Å². The van der Waals surface area contributed by atoms with Crippen molar-refractivity contribution in [1.29, 1.82) is 0 Å². The molecule has 1 atom stereocenters. The Labute approximate surface area is 129 Å². The molecule has 1 aromatic heterocycles. The zero-order valence-corrected chi connectivity index (χ0v) is 13.1. The van der Waals surface area contributed by atoms with Gasteiger partial charge in [-0.25, -0.2) is 0 Å². The van der Waals surface area contributed by atoms with Crippen LogP contribution < -0.4 is 10.6 Å². The molecular formula is C15H19ClN2OS. The Morgan fingerprint density at radius 2 is 2.25 bits per heavy atom. The maximum absolute atomic E-state index is 12.1. The van der Waals surface area contributed by atoms with E-state index < -0.39 is 0 Å². The van der Waals surface area contributed by atoms with Gasteiger partial charge in [0.15, 0.2) is 0 Å². The molecule has 0 aliphatic carbocycles. The predicted octanol–water partition coefficient (Wildman–Crippen LogP) is 2.86. The summed E-state index contributed by atoms with van der Waals surface area (Å²) in [4.78, 5) is 13.4. The quantitative estimate of drug-likeness (QED) is 0.915. The molecule has 3 nitrogen and oxygen atoms in total. The number of hydrogen-bond donors (Lipinski definition) is 2. The van der Waals surface area contributed by atoms with E-state index in [1.165, 1.54) is 20.5 Å². The Morgan fingerprint density at radius 1 is 1.45 bits per heavy atom. The van der Waals surface area contributed by atoms with E-state index in [9.17, 15) is 4.79 Å². The molecule has 0 fully saturated rings. The lowest BCUT2D eigenvalue weighted by atomic mass is 9.98. The highest BCUT2D eigenvalue weighted by atomic mass is 35.5. The number of carbonyl (C=O) groups excluding carboxylic acids is 1. The highest BCUT2D eigenvalue weighted by Gasteiger charge is 2.26. The van der Waals surface area contributed by atoms with Crippen LogP contribution in [0, 0.1) is 0 Å². The molecule has 5 heteroatoms. The van der Waals surface area contributed by atoms with Crippen LogP contribution in [0.15, 0.2) is 24.3 Å². The van der Waals surface area contributed by atoms with Crippen molar-refractivity contribution in [1.82, 2.24) is 10.6 Å². The first-order valence-corrected chi connectivity index (χ1v) is 7.61. The van der Waals surface area contributed by atoms with Gasteiger partial charge in [-0.1, -0.05) is 25.1 Å². The van der Waals surface area contributed by atoms with Gasteiger partial charge in [0.2, 0.25) is 5.91 Å². The molecule has 0 spiro atoms. The van der Waals surface area contributed by atoms with E-state index in [2.05, 4.69) is 41.8 Å². The molecule has 1 aromatic carbocycles. The lowest BCUT2D eigenvalue weighted by molar-refractivity contribution is -0.123. The molecule has 3 rings (SSSR count). The first-order chi connectivity index (χ1) is 9.29. The van der Waals surface area contributed by atoms with E-state index in [1.807, 2.05) is 11.3 Å². The Balaban J connectivity index is 0.00000147. The molecule has 0 bridgehead atoms. The van der Waals surface area contributed by atoms with Gasteiger partial charge in [0.05, 0.1) is 6.04 Å². The highest BCUT2D eigenvalue weighted by molar-refractivity contribution is 7.19. The van der Waals surface area contributed by atoms with Crippen molar-refractivity contribution in [2.24, 2.45) is 0 Å². The molecule has 2 N–H and O–H groups in total. The number of thiophene rings is 1. The van der Waals surface area contributed by atoms with E-state index in [1.54, 1.807) is 0 Å². The van der Waals surface area contributed by atoms with Gasteiger partial charge in [0.25, 0.3) is 0 Å². The number of fused-ring (bicyclic) bond motifs is 3. The predicted molar refractivity (Wildman–Crippen MR) is 86.7 cm³/mol. The van der Waals surface area contributed by atoms with Crippen LogP contribution in [0.25, 0.3) is 10.1 Å². The Bertz CT molecular complexity index is 611. The molecule has 0 saturated heterocycles. The number of amides is 1. The van der Waals surface area contributed by atoms with Crippen LogP contribution in [0.4, 0.5) is 0 Å². The lowest BCUT2D eigenvalue weighted by Gasteiger charge is -2.23. The number of halogens is 1. The number of benzene rings is 1. The van der Waals surface area contributed by atoms with Crippen molar-refractivity contribution in [2.75, 3.05) is 6.54 Å². The first kappa shape index (κ1) is 15.3. The van der Waals surface area contributed by atoms with E-state index >= 15 is 0 Å². The number of hydrogen-bond acceptors (Lipinski definition) is 3. The standard InChI is InChI=1S/C15H18N2OS.ClH/c1-2-7-16-15(18)12-8-11-10-5-3-4-6-13(10)19-14(11)9-17-12;/h3-6,12,17H,2,7-9H2,1H3,(H,16,18);1H/t12-;/m1./s1. The van der Waals surface area contributed by atoms with E-state index in [-0.39, 0.29) is 24.4 Å². The summed E-state index contributed by atoms with van der Waals surface area (Å²) in [6.45, 7) is 3.63. The van der Waals surface area contributed by atoms with Crippen molar-refractivity contribution in [3.63, 3.8) is 0 Å². The van der Waals surface area contributed by atoms with Crippen molar-refractivity contribution >= 4 is 39.7 Å². The molecule has 1 aliphatic heterocycles. The minimum Gasteiger partial charge on any atom is -0.355 e. The minimum atomic E-state index is -0.0861. The minimum absolute atomic E-state index is 0. The molecule has 108 valence electrons. The largest absolute Gasteiger partial charge is 0.355 e. The van der Waals surface area contributed by atoms with Gasteiger partial charge in [-0.2, -0.15) is 0 Å². The van der Waals surface area contributed by atoms with Gasteiger partial charge in [0.1, 0.15) is 0 Å². The van der Waals surface area contributed by atoms with Crippen LogP contribution in [0.3, 0.4) is 0 Å². The highest BCUT2D eigenvalue weighted by Crippen LogP contribution is 2.34. The third-order valence-corrected chi connectivity index (χ3v) is 4.78. The molecule has 2 aromatic rings. The fraction of sp³-hybridized carbons (Fsp3) is 0.400. The monoisotopic (exact) mass is 310 g/mol. The van der Waals surface area contributed by atoms with Crippen LogP contribution in [0.5, 0.6) is 0 Å². The maximum atomic E-state index is 12.1. The third kappa shape index (κ3) is 2.82. The molecular weight excluding hydrogens is 292 g/mol. The van der Waals surface area contributed by atoms with E-state index in [0.29, 0.717) is 0 Å². The second-order valence-electron chi connectivity index (χ2n) is 4.93. The zero-order chi connectivity index (χ0) is 13.2. The number of nitrogens with one attached hydrogen (secondary N) is 2. The SMILES string of the molecule is CCCNC(=O)[C@H]1Cc2c(sc3ccccc23)CN1.Cl. The fourth-order valence-corrected chi connectivity index (χ4v) is 3.75. The van der Waals surface area contributed by atoms with Crippen LogP contribution in [-0.2, 0) is 17.8 Å². The normalized spacial score (nSPS) is 17.4. The lowest BCUT2D eigenvalue weighted by Crippen LogP contribution is -2.47. The summed E-state index contributed by atoms with van der Waals surface area (Å²) in [5.74, 6) is 0.128. The fourth-order valence-electron chi connectivity index (χ4n) is 2.57. The molecule has 0 unspecified atom stereocenters. The Morgan fingerprint density at radius 3 is 3.05 bits per heavy atom.